The van der Waals surface area contributed by atoms with Crippen molar-refractivity contribution in [1.82, 2.24) is 20.4 Å². The van der Waals surface area contributed by atoms with Gasteiger partial charge in [0.25, 0.3) is 0 Å². The minimum absolute atomic E-state index is 0.0436. The maximum absolute atomic E-state index is 14.0. The average molecular weight is 523 g/mol. The summed E-state index contributed by atoms with van der Waals surface area (Å²) in [6.45, 7) is 11.5. The van der Waals surface area contributed by atoms with Gasteiger partial charge < -0.3 is 30.1 Å². The molecule has 37 heavy (non-hydrogen) atoms. The fourth-order valence-corrected chi connectivity index (χ4v) is 7.04. The van der Waals surface area contributed by atoms with Crippen molar-refractivity contribution in [3.63, 3.8) is 0 Å². The van der Waals surface area contributed by atoms with E-state index in [9.17, 15) is 14.4 Å². The Labute approximate surface area is 220 Å². The van der Waals surface area contributed by atoms with Gasteiger partial charge in [0.05, 0.1) is 30.7 Å². The van der Waals surface area contributed by atoms with Crippen molar-refractivity contribution in [3.8, 4) is 0 Å². The number of likely N-dealkylation sites (tertiary alicyclic amines) is 1. The molecular formula is C27H46N4O6. The largest absolute Gasteiger partial charge is 0.396 e. The lowest BCUT2D eigenvalue weighted by Gasteiger charge is -2.36. The number of nitrogens with zero attached hydrogens (tertiary/aromatic N) is 2. The molecule has 4 rings (SSSR count). The minimum atomic E-state index is -0.992. The summed E-state index contributed by atoms with van der Waals surface area (Å²) in [6.07, 6.45) is 4.60. The van der Waals surface area contributed by atoms with E-state index in [-0.39, 0.29) is 30.2 Å². The SMILES string of the molecule is CCCNC(=O)[C@H]1[C@H]2C(=O)N(CCCCCCO)C(C(=O)NCCN3CCOCC3)C23CC(C)[C@]1(C)O3. The van der Waals surface area contributed by atoms with Crippen molar-refractivity contribution in [2.24, 2.45) is 17.8 Å². The summed E-state index contributed by atoms with van der Waals surface area (Å²) in [5, 5.41) is 15.2. The monoisotopic (exact) mass is 522 g/mol. The van der Waals surface area contributed by atoms with Gasteiger partial charge in [-0.15, -0.1) is 0 Å². The van der Waals surface area contributed by atoms with Gasteiger partial charge in [0.15, 0.2) is 0 Å². The number of carbonyl (C=O) groups is 3. The Bertz CT molecular complexity index is 836. The Morgan fingerprint density at radius 3 is 2.46 bits per heavy atom. The molecule has 3 amide bonds. The van der Waals surface area contributed by atoms with Crippen molar-refractivity contribution in [2.75, 3.05) is 59.1 Å². The van der Waals surface area contributed by atoms with E-state index in [4.69, 9.17) is 14.6 Å². The molecule has 0 aromatic heterocycles. The van der Waals surface area contributed by atoms with Gasteiger partial charge in [-0.25, -0.2) is 0 Å². The van der Waals surface area contributed by atoms with Crippen molar-refractivity contribution in [3.05, 3.63) is 0 Å². The molecule has 6 atom stereocenters. The van der Waals surface area contributed by atoms with Crippen molar-refractivity contribution in [1.29, 1.82) is 0 Å². The highest BCUT2D eigenvalue weighted by atomic mass is 16.5. The number of ether oxygens (including phenoxy) is 2. The zero-order chi connectivity index (χ0) is 26.6. The first-order chi connectivity index (χ1) is 17.8. The van der Waals surface area contributed by atoms with Gasteiger partial charge in [-0.1, -0.05) is 26.7 Å². The third-order valence-corrected chi connectivity index (χ3v) is 9.03. The highest BCUT2D eigenvalue weighted by molar-refractivity contribution is 5.99. The molecule has 4 aliphatic heterocycles. The van der Waals surface area contributed by atoms with Crippen LogP contribution in [0.4, 0.5) is 0 Å². The summed E-state index contributed by atoms with van der Waals surface area (Å²) in [4.78, 5) is 45.1. The number of rotatable bonds is 13. The van der Waals surface area contributed by atoms with Crippen molar-refractivity contribution >= 4 is 17.7 Å². The number of nitrogens with one attached hydrogen (secondary N) is 2. The van der Waals surface area contributed by atoms with Crippen LogP contribution in [0.1, 0.15) is 59.3 Å². The van der Waals surface area contributed by atoms with Crippen LogP contribution in [0.3, 0.4) is 0 Å². The first-order valence-corrected chi connectivity index (χ1v) is 14.3. The fraction of sp³-hybridized carbons (Fsp3) is 0.889. The molecule has 0 aromatic carbocycles. The Morgan fingerprint density at radius 2 is 1.76 bits per heavy atom. The van der Waals surface area contributed by atoms with Gasteiger partial charge >= 0.3 is 0 Å². The molecule has 3 N–H and O–H groups in total. The molecule has 4 aliphatic rings. The summed E-state index contributed by atoms with van der Waals surface area (Å²) in [5.74, 6) is -1.70. The number of hydrogen-bond donors (Lipinski definition) is 3. The van der Waals surface area contributed by atoms with Crippen LogP contribution >= 0.6 is 0 Å². The standard InChI is InChI=1S/C27H46N4O6/c1-4-9-28-23(33)20-21-25(35)31(11-7-5-6-8-15-32)22(27(21)18-19(2)26(20,3)37-27)24(34)29-10-12-30-13-16-36-17-14-30/h19-22,32H,4-18H2,1-3H3,(H,28,33)(H,29,34)/t19?,20-,21+,22?,26+,27?/m1/s1. The molecule has 2 bridgehead atoms. The molecule has 10 nitrogen and oxygen atoms in total. The van der Waals surface area contributed by atoms with Gasteiger partial charge in [-0.2, -0.15) is 0 Å². The summed E-state index contributed by atoms with van der Waals surface area (Å²) in [7, 11) is 0. The highest BCUT2D eigenvalue weighted by Gasteiger charge is 2.79. The number of amides is 3. The van der Waals surface area contributed by atoms with Crippen molar-refractivity contribution in [2.45, 2.75) is 76.5 Å². The molecule has 3 unspecified atom stereocenters. The quantitative estimate of drug-likeness (QED) is 0.302. The lowest BCUT2D eigenvalue weighted by Crippen LogP contribution is -2.56. The molecule has 4 saturated heterocycles. The number of morpholine rings is 1. The second kappa shape index (κ2) is 12.0. The smallest absolute Gasteiger partial charge is 0.245 e. The summed E-state index contributed by atoms with van der Waals surface area (Å²) < 4.78 is 12.1. The molecule has 0 aliphatic carbocycles. The molecule has 210 valence electrons. The second-order valence-electron chi connectivity index (χ2n) is 11.4. The zero-order valence-corrected chi connectivity index (χ0v) is 22.8. The predicted octanol–water partition coefficient (Wildman–Crippen LogP) is 0.524. The van der Waals surface area contributed by atoms with Crippen LogP contribution < -0.4 is 10.6 Å². The Morgan fingerprint density at radius 1 is 1.05 bits per heavy atom. The lowest BCUT2D eigenvalue weighted by atomic mass is 9.62. The third-order valence-electron chi connectivity index (χ3n) is 9.03. The fourth-order valence-electron chi connectivity index (χ4n) is 7.04. The number of aliphatic hydroxyl groups is 1. The maximum Gasteiger partial charge on any atom is 0.245 e. The van der Waals surface area contributed by atoms with Crippen LogP contribution in [-0.4, -0.2) is 109 Å². The molecule has 0 aromatic rings. The highest BCUT2D eigenvalue weighted by Crippen LogP contribution is 2.65. The zero-order valence-electron chi connectivity index (χ0n) is 22.8. The molecule has 0 saturated carbocycles. The van der Waals surface area contributed by atoms with Crippen LogP contribution in [0.15, 0.2) is 0 Å². The number of unbranched alkanes of at least 4 members (excludes halogenated alkanes) is 3. The Balaban J connectivity index is 1.55. The number of carbonyl (C=O) groups excluding carboxylic acids is 3. The Hall–Kier alpha value is -1.75. The number of aliphatic hydroxyl groups excluding tert-OH is 1. The third kappa shape index (κ3) is 5.27. The van der Waals surface area contributed by atoms with Crippen LogP contribution in [0.25, 0.3) is 0 Å². The maximum atomic E-state index is 14.0. The summed E-state index contributed by atoms with van der Waals surface area (Å²) >= 11 is 0. The van der Waals surface area contributed by atoms with Crippen molar-refractivity contribution < 1.29 is 29.0 Å². The van der Waals surface area contributed by atoms with Crippen LogP contribution in [0.2, 0.25) is 0 Å². The van der Waals surface area contributed by atoms with E-state index in [0.717, 1.165) is 51.7 Å². The molecular weight excluding hydrogens is 476 g/mol. The topological polar surface area (TPSA) is 120 Å². The minimum Gasteiger partial charge on any atom is -0.396 e. The van der Waals surface area contributed by atoms with E-state index < -0.39 is 29.1 Å². The molecule has 0 radical (unpaired) electrons. The lowest BCUT2D eigenvalue weighted by molar-refractivity contribution is -0.147. The first kappa shape index (κ1) is 28.3. The van der Waals surface area contributed by atoms with E-state index in [1.807, 2.05) is 13.8 Å². The second-order valence-corrected chi connectivity index (χ2v) is 11.4. The van der Waals surface area contributed by atoms with E-state index in [1.165, 1.54) is 0 Å². The van der Waals surface area contributed by atoms with Gasteiger partial charge in [-0.05, 0) is 38.5 Å². The summed E-state index contributed by atoms with van der Waals surface area (Å²) in [5.41, 5.74) is -1.77. The Kier molecular flexibility index (Phi) is 9.14. The average Bonchev–Trinajstić information content (AvgIpc) is 3.39. The van der Waals surface area contributed by atoms with E-state index in [2.05, 4.69) is 22.5 Å². The molecule has 4 fully saturated rings. The predicted molar refractivity (Wildman–Crippen MR) is 138 cm³/mol. The van der Waals surface area contributed by atoms with Gasteiger partial charge in [0.1, 0.15) is 11.6 Å². The first-order valence-electron chi connectivity index (χ1n) is 14.3. The molecule has 4 heterocycles. The summed E-state index contributed by atoms with van der Waals surface area (Å²) in [6, 6.07) is -0.749. The van der Waals surface area contributed by atoms with Gasteiger partial charge in [0.2, 0.25) is 17.7 Å². The van der Waals surface area contributed by atoms with E-state index >= 15 is 0 Å². The van der Waals surface area contributed by atoms with Crippen LogP contribution in [0.5, 0.6) is 0 Å². The molecule has 1 spiro atoms. The van der Waals surface area contributed by atoms with E-state index in [1.54, 1.807) is 4.90 Å². The van der Waals surface area contributed by atoms with Crippen LogP contribution in [-0.2, 0) is 23.9 Å². The van der Waals surface area contributed by atoms with Crippen LogP contribution in [0, 0.1) is 17.8 Å². The number of hydrogen-bond acceptors (Lipinski definition) is 7. The van der Waals surface area contributed by atoms with Gasteiger partial charge in [-0.3, -0.25) is 19.3 Å². The van der Waals surface area contributed by atoms with E-state index in [0.29, 0.717) is 39.3 Å². The van der Waals surface area contributed by atoms with Gasteiger partial charge in [0, 0.05) is 45.9 Å². The molecule has 10 heteroatoms. The normalized spacial score (nSPS) is 35.1. The number of fused-ring (bicyclic) bond motifs is 1.